The lowest BCUT2D eigenvalue weighted by Crippen LogP contribution is -2.46. The molecule has 0 heterocycles. The molecule has 0 radical (unpaired) electrons. The Bertz CT molecular complexity index is 1020. The molecule has 1 fully saturated rings. The minimum Gasteiger partial charge on any atom is -0.481 e. The van der Waals surface area contributed by atoms with E-state index in [0.717, 1.165) is 30.4 Å². The Morgan fingerprint density at radius 3 is 2.24 bits per heavy atom. The highest BCUT2D eigenvalue weighted by Gasteiger charge is 2.32. The lowest BCUT2D eigenvalue weighted by atomic mass is 9.85. The number of carbonyl (C=O) groups is 3. The molecule has 0 aromatic heterocycles. The van der Waals surface area contributed by atoms with Crippen LogP contribution in [0.3, 0.4) is 0 Å². The fourth-order valence-electron chi connectivity index (χ4n) is 5.05. The predicted octanol–water partition coefficient (Wildman–Crippen LogP) is 4.31. The van der Waals surface area contributed by atoms with Crippen molar-refractivity contribution in [3.63, 3.8) is 0 Å². The molecule has 2 aromatic carbocycles. The van der Waals surface area contributed by atoms with Crippen LogP contribution < -0.4 is 10.6 Å². The number of carboxylic acids is 1. The fourth-order valence-corrected chi connectivity index (χ4v) is 5.05. The summed E-state index contributed by atoms with van der Waals surface area (Å²) in [4.78, 5) is 36.4. The summed E-state index contributed by atoms with van der Waals surface area (Å²) in [6, 6.07) is 15.8. The number of ether oxygens (including phenoxy) is 1. The van der Waals surface area contributed by atoms with Gasteiger partial charge in [0, 0.05) is 23.9 Å². The van der Waals surface area contributed by atoms with Crippen molar-refractivity contribution in [2.45, 2.75) is 57.5 Å². The zero-order chi connectivity index (χ0) is 24.2. The summed E-state index contributed by atoms with van der Waals surface area (Å²) in [5.74, 6) is -2.01. The largest absolute Gasteiger partial charge is 0.481 e. The van der Waals surface area contributed by atoms with E-state index in [4.69, 9.17) is 9.84 Å². The van der Waals surface area contributed by atoms with Crippen LogP contribution in [0.2, 0.25) is 0 Å². The van der Waals surface area contributed by atoms with Crippen molar-refractivity contribution in [1.29, 1.82) is 0 Å². The van der Waals surface area contributed by atoms with E-state index in [9.17, 15) is 14.4 Å². The van der Waals surface area contributed by atoms with E-state index in [2.05, 4.69) is 34.9 Å². The number of aliphatic carboxylic acids is 1. The Morgan fingerprint density at radius 2 is 1.62 bits per heavy atom. The van der Waals surface area contributed by atoms with Gasteiger partial charge in [-0.1, -0.05) is 55.0 Å². The van der Waals surface area contributed by atoms with Crippen LogP contribution in [0.4, 0.5) is 4.79 Å². The molecule has 7 nitrogen and oxygen atoms in total. The van der Waals surface area contributed by atoms with Gasteiger partial charge in [0.25, 0.3) is 0 Å². The van der Waals surface area contributed by atoms with Crippen molar-refractivity contribution in [1.82, 2.24) is 10.6 Å². The lowest BCUT2D eigenvalue weighted by molar-refractivity contribution is -0.142. The van der Waals surface area contributed by atoms with Gasteiger partial charge in [-0.25, -0.2) is 4.79 Å². The Labute approximate surface area is 199 Å². The molecule has 4 unspecified atom stereocenters. The number of nitrogens with one attached hydrogen (secondary N) is 2. The molecule has 180 valence electrons. The number of amides is 2. The highest BCUT2D eigenvalue weighted by molar-refractivity contribution is 5.81. The molecule has 3 N–H and O–H groups in total. The highest BCUT2D eigenvalue weighted by Crippen LogP contribution is 2.44. The molecule has 34 heavy (non-hydrogen) atoms. The van der Waals surface area contributed by atoms with Gasteiger partial charge < -0.3 is 20.5 Å². The monoisotopic (exact) mass is 464 g/mol. The summed E-state index contributed by atoms with van der Waals surface area (Å²) in [7, 11) is 0. The van der Waals surface area contributed by atoms with Crippen LogP contribution in [0, 0.1) is 11.8 Å². The topological polar surface area (TPSA) is 105 Å². The molecule has 2 aromatic rings. The Balaban J connectivity index is 1.31. The molecule has 2 aliphatic carbocycles. The smallest absolute Gasteiger partial charge is 0.407 e. The number of fused-ring (bicyclic) bond motifs is 3. The summed E-state index contributed by atoms with van der Waals surface area (Å²) >= 11 is 0. The average molecular weight is 465 g/mol. The zero-order valence-corrected chi connectivity index (χ0v) is 19.6. The molecule has 2 aliphatic rings. The van der Waals surface area contributed by atoms with E-state index < -0.39 is 24.0 Å². The third-order valence-electron chi connectivity index (χ3n) is 7.22. The maximum absolute atomic E-state index is 12.7. The van der Waals surface area contributed by atoms with Crippen molar-refractivity contribution >= 4 is 18.0 Å². The third-order valence-corrected chi connectivity index (χ3v) is 7.22. The highest BCUT2D eigenvalue weighted by atomic mass is 16.5. The van der Waals surface area contributed by atoms with Crippen molar-refractivity contribution in [3.8, 4) is 11.1 Å². The fraction of sp³-hybridized carbons (Fsp3) is 0.444. The normalized spacial score (nSPS) is 21.0. The molecule has 1 saturated carbocycles. The van der Waals surface area contributed by atoms with Crippen LogP contribution in [-0.2, 0) is 14.3 Å². The first-order valence-corrected chi connectivity index (χ1v) is 12.0. The average Bonchev–Trinajstić information content (AvgIpc) is 3.16. The molecule has 4 rings (SSSR count). The van der Waals surface area contributed by atoms with Crippen molar-refractivity contribution < 1.29 is 24.2 Å². The number of carboxylic acid groups (broad SMARTS) is 1. The molecular formula is C27H32N2O5. The molecule has 2 amide bonds. The second kappa shape index (κ2) is 10.3. The number of benzene rings is 2. The second-order valence-corrected chi connectivity index (χ2v) is 9.45. The molecule has 0 saturated heterocycles. The second-order valence-electron chi connectivity index (χ2n) is 9.45. The lowest BCUT2D eigenvalue weighted by Gasteiger charge is -2.30. The van der Waals surface area contributed by atoms with Crippen LogP contribution >= 0.6 is 0 Å². The first kappa shape index (κ1) is 23.8. The van der Waals surface area contributed by atoms with Crippen molar-refractivity contribution in [3.05, 3.63) is 59.7 Å². The minimum atomic E-state index is -0.939. The van der Waals surface area contributed by atoms with Gasteiger partial charge >= 0.3 is 12.1 Å². The van der Waals surface area contributed by atoms with E-state index in [0.29, 0.717) is 6.42 Å². The van der Waals surface area contributed by atoms with Gasteiger partial charge in [-0.2, -0.15) is 0 Å². The van der Waals surface area contributed by atoms with Gasteiger partial charge in [0.1, 0.15) is 6.61 Å². The predicted molar refractivity (Wildman–Crippen MR) is 128 cm³/mol. The Morgan fingerprint density at radius 1 is 1.00 bits per heavy atom. The number of hydrogen-bond donors (Lipinski definition) is 3. The van der Waals surface area contributed by atoms with Gasteiger partial charge in [-0.3, -0.25) is 9.59 Å². The van der Waals surface area contributed by atoms with Crippen LogP contribution in [-0.4, -0.2) is 41.8 Å². The van der Waals surface area contributed by atoms with Gasteiger partial charge in [0.2, 0.25) is 5.91 Å². The van der Waals surface area contributed by atoms with E-state index in [1.165, 1.54) is 11.1 Å². The molecule has 0 bridgehead atoms. The molecular weight excluding hydrogens is 432 g/mol. The molecule has 0 spiro atoms. The van der Waals surface area contributed by atoms with Gasteiger partial charge in [-0.05, 0) is 55.4 Å². The van der Waals surface area contributed by atoms with E-state index in [1.807, 2.05) is 24.3 Å². The Hall–Kier alpha value is -3.35. The summed E-state index contributed by atoms with van der Waals surface area (Å²) in [6.45, 7) is 3.53. The molecule has 4 atom stereocenters. The van der Waals surface area contributed by atoms with Crippen LogP contribution in [0.5, 0.6) is 0 Å². The minimum absolute atomic E-state index is 0.000689. The van der Waals surface area contributed by atoms with Crippen LogP contribution in [0.1, 0.15) is 56.6 Å². The SMILES string of the molecule is CC(NC(=O)C1CCCC(NC(=O)OCC2c3ccccc3-c3ccccc32)C1)C(C)C(=O)O. The standard InChI is InChI=1S/C27H32N2O5/c1-16(26(31)32)17(2)28-25(30)18-8-7-9-19(14-18)29-27(33)34-15-24-22-12-5-3-10-20(22)21-11-4-6-13-23(21)24/h3-6,10-13,16-19,24H,7-9,14-15H2,1-2H3,(H,28,30)(H,29,33)(H,31,32). The number of alkyl carbamates (subject to hydrolysis) is 1. The first-order chi connectivity index (χ1) is 16.3. The summed E-state index contributed by atoms with van der Waals surface area (Å²) in [6.07, 6.45) is 2.37. The summed E-state index contributed by atoms with van der Waals surface area (Å²) in [5.41, 5.74) is 4.69. The van der Waals surface area contributed by atoms with E-state index in [1.54, 1.807) is 13.8 Å². The quantitative estimate of drug-likeness (QED) is 0.566. The van der Waals surface area contributed by atoms with Crippen LogP contribution in [0.25, 0.3) is 11.1 Å². The number of hydrogen-bond acceptors (Lipinski definition) is 4. The maximum atomic E-state index is 12.7. The summed E-state index contributed by atoms with van der Waals surface area (Å²) < 4.78 is 5.64. The number of carbonyl (C=O) groups excluding carboxylic acids is 2. The van der Waals surface area contributed by atoms with Gasteiger partial charge in [0.05, 0.1) is 5.92 Å². The third kappa shape index (κ3) is 5.08. The Kier molecular flexibility index (Phi) is 7.20. The number of rotatable bonds is 7. The molecule has 0 aliphatic heterocycles. The zero-order valence-electron chi connectivity index (χ0n) is 19.6. The summed E-state index contributed by atoms with van der Waals surface area (Å²) in [5, 5.41) is 14.9. The van der Waals surface area contributed by atoms with E-state index >= 15 is 0 Å². The van der Waals surface area contributed by atoms with Crippen molar-refractivity contribution in [2.24, 2.45) is 11.8 Å². The van der Waals surface area contributed by atoms with Gasteiger partial charge in [-0.15, -0.1) is 0 Å². The maximum Gasteiger partial charge on any atom is 0.407 e. The van der Waals surface area contributed by atoms with Gasteiger partial charge in [0.15, 0.2) is 0 Å². The first-order valence-electron chi connectivity index (χ1n) is 12.0. The van der Waals surface area contributed by atoms with E-state index in [-0.39, 0.29) is 30.4 Å². The molecule has 7 heteroatoms. The van der Waals surface area contributed by atoms with Crippen LogP contribution in [0.15, 0.2) is 48.5 Å². The van der Waals surface area contributed by atoms with Crippen molar-refractivity contribution in [2.75, 3.05) is 6.61 Å².